The summed E-state index contributed by atoms with van der Waals surface area (Å²) in [5, 5.41) is 11.5. The average molecular weight is 564 g/mol. The quantitative estimate of drug-likeness (QED) is 0.302. The van der Waals surface area contributed by atoms with Crippen molar-refractivity contribution in [2.45, 2.75) is 25.3 Å². The van der Waals surface area contributed by atoms with Crippen LogP contribution in [0.3, 0.4) is 0 Å². The number of para-hydroxylation sites is 2. The molecule has 1 aliphatic rings. The molecule has 2 N–H and O–H groups in total. The SMILES string of the molecule is Cn1c(C(=O)N2CCC(C(=O)N[C@@H](CC(=O)O)C(=O)COc3c(F)c(F)cc(F)c3F)CC2)nc2ccccc21. The second kappa shape index (κ2) is 11.7. The third-order valence-corrected chi connectivity index (χ3v) is 6.65. The number of rotatable bonds is 9. The van der Waals surface area contributed by atoms with Crippen LogP contribution in [0.4, 0.5) is 17.6 Å². The molecule has 1 aliphatic heterocycles. The average Bonchev–Trinajstić information content (AvgIpc) is 3.27. The monoisotopic (exact) mass is 564 g/mol. The number of carboxylic acids is 1. The molecule has 0 saturated carbocycles. The van der Waals surface area contributed by atoms with Crippen LogP contribution < -0.4 is 10.1 Å². The molecule has 40 heavy (non-hydrogen) atoms. The minimum atomic E-state index is -1.87. The van der Waals surface area contributed by atoms with E-state index >= 15 is 0 Å². The fraction of sp³-hybridized carbons (Fsp3) is 0.346. The summed E-state index contributed by atoms with van der Waals surface area (Å²) >= 11 is 0. The van der Waals surface area contributed by atoms with Crippen LogP contribution in [-0.4, -0.2) is 68.9 Å². The van der Waals surface area contributed by atoms with Crippen molar-refractivity contribution in [3.63, 3.8) is 0 Å². The molecule has 10 nitrogen and oxygen atoms in total. The maximum Gasteiger partial charge on any atom is 0.305 e. The normalized spacial score (nSPS) is 14.7. The predicted octanol–water partition coefficient (Wildman–Crippen LogP) is 2.59. The molecule has 212 valence electrons. The van der Waals surface area contributed by atoms with E-state index in [1.165, 1.54) is 0 Å². The summed E-state index contributed by atoms with van der Waals surface area (Å²) in [5.41, 5.74) is 1.44. The van der Waals surface area contributed by atoms with Crippen LogP contribution in [0.5, 0.6) is 5.75 Å². The van der Waals surface area contributed by atoms with E-state index in [2.05, 4.69) is 15.0 Å². The van der Waals surface area contributed by atoms with Crippen LogP contribution in [0, 0.1) is 29.2 Å². The van der Waals surface area contributed by atoms with Gasteiger partial charge in [-0.25, -0.2) is 13.8 Å². The largest absolute Gasteiger partial charge is 0.481 e. The van der Waals surface area contributed by atoms with E-state index in [-0.39, 0.29) is 43.7 Å². The van der Waals surface area contributed by atoms with Crippen molar-refractivity contribution in [1.82, 2.24) is 19.8 Å². The van der Waals surface area contributed by atoms with E-state index in [9.17, 15) is 36.7 Å². The van der Waals surface area contributed by atoms with Crippen molar-refractivity contribution in [1.29, 1.82) is 0 Å². The minimum absolute atomic E-state index is 0.0376. The Bertz CT molecular complexity index is 1460. The highest BCUT2D eigenvalue weighted by Crippen LogP contribution is 2.27. The third-order valence-electron chi connectivity index (χ3n) is 6.65. The highest BCUT2D eigenvalue weighted by atomic mass is 19.2. The molecular weight excluding hydrogens is 540 g/mol. The van der Waals surface area contributed by atoms with Gasteiger partial charge in [-0.2, -0.15) is 8.78 Å². The molecule has 2 amide bonds. The molecule has 1 saturated heterocycles. The van der Waals surface area contributed by atoms with Gasteiger partial charge in [0.25, 0.3) is 5.91 Å². The molecule has 4 rings (SSSR count). The number of likely N-dealkylation sites (tertiary alicyclic amines) is 1. The lowest BCUT2D eigenvalue weighted by molar-refractivity contribution is -0.141. The number of fused-ring (bicyclic) bond motifs is 1. The number of aromatic nitrogens is 2. The number of hydrogen-bond acceptors (Lipinski definition) is 6. The predicted molar refractivity (Wildman–Crippen MR) is 130 cm³/mol. The van der Waals surface area contributed by atoms with E-state index < -0.39 is 71.7 Å². The second-order valence-corrected chi connectivity index (χ2v) is 9.26. The van der Waals surface area contributed by atoms with Gasteiger partial charge in [-0.05, 0) is 25.0 Å². The van der Waals surface area contributed by atoms with Gasteiger partial charge in [0.05, 0.1) is 17.5 Å². The van der Waals surface area contributed by atoms with Gasteiger partial charge < -0.3 is 24.6 Å². The number of imidazole rings is 1. The van der Waals surface area contributed by atoms with Crippen LogP contribution in [0.2, 0.25) is 0 Å². The number of carboxylic acid groups (broad SMARTS) is 1. The number of Topliss-reactive ketones (excluding diaryl/α,β-unsaturated/α-hetero) is 1. The van der Waals surface area contributed by atoms with Crippen molar-refractivity contribution >= 4 is 34.6 Å². The van der Waals surface area contributed by atoms with Crippen LogP contribution >= 0.6 is 0 Å². The van der Waals surface area contributed by atoms with Gasteiger partial charge in [-0.1, -0.05) is 12.1 Å². The number of carbonyl (C=O) groups is 4. The number of piperidine rings is 1. The van der Waals surface area contributed by atoms with Crippen molar-refractivity contribution < 1.29 is 46.6 Å². The lowest BCUT2D eigenvalue weighted by atomic mass is 9.95. The Morgan fingerprint density at radius 2 is 1.70 bits per heavy atom. The summed E-state index contributed by atoms with van der Waals surface area (Å²) in [6, 6.07) is 5.57. The zero-order valence-corrected chi connectivity index (χ0v) is 21.1. The zero-order valence-electron chi connectivity index (χ0n) is 21.1. The van der Waals surface area contributed by atoms with Crippen molar-refractivity contribution in [2.24, 2.45) is 13.0 Å². The number of halogens is 4. The number of nitrogens with zero attached hydrogens (tertiary/aromatic N) is 3. The maximum absolute atomic E-state index is 13.8. The number of nitrogens with one attached hydrogen (secondary N) is 1. The van der Waals surface area contributed by atoms with Crippen LogP contribution in [-0.2, 0) is 21.4 Å². The standard InChI is InChI=1S/C26H24F4N4O6/c1-33-18-5-3-2-4-16(18)31-24(33)26(39)34-8-6-13(7-9-34)25(38)32-17(11-20(36)37)19(35)12-40-23-21(29)14(27)10-15(28)22(23)30/h2-5,10,13,17H,6-9,11-12H2,1H3,(H,32,38)(H,36,37)/t17-/m0/s1. The third kappa shape index (κ3) is 5.90. The Balaban J connectivity index is 1.36. The Kier molecular flexibility index (Phi) is 8.35. The molecule has 2 aromatic carbocycles. The number of aliphatic carboxylic acids is 1. The fourth-order valence-electron chi connectivity index (χ4n) is 4.45. The first kappa shape index (κ1) is 28.5. The molecule has 0 aliphatic carbocycles. The highest BCUT2D eigenvalue weighted by molar-refractivity contribution is 5.95. The molecule has 2 heterocycles. The molecule has 0 radical (unpaired) electrons. The van der Waals surface area contributed by atoms with E-state index in [1.807, 2.05) is 12.1 Å². The number of aryl methyl sites for hydroxylation is 1. The minimum Gasteiger partial charge on any atom is -0.481 e. The number of amides is 2. The number of carbonyl (C=O) groups excluding carboxylic acids is 3. The number of benzene rings is 2. The van der Waals surface area contributed by atoms with Crippen LogP contribution in [0.25, 0.3) is 11.0 Å². The topological polar surface area (TPSA) is 131 Å². The van der Waals surface area contributed by atoms with Crippen molar-refractivity contribution in [3.05, 3.63) is 59.4 Å². The van der Waals surface area contributed by atoms with Crippen molar-refractivity contribution in [3.8, 4) is 5.75 Å². The highest BCUT2D eigenvalue weighted by Gasteiger charge is 2.33. The summed E-state index contributed by atoms with van der Waals surface area (Å²) in [6.07, 6.45) is -0.448. The van der Waals surface area contributed by atoms with Crippen LogP contribution in [0.15, 0.2) is 30.3 Å². The van der Waals surface area contributed by atoms with Gasteiger partial charge in [0.2, 0.25) is 17.5 Å². The van der Waals surface area contributed by atoms with Gasteiger partial charge in [0.15, 0.2) is 29.0 Å². The summed E-state index contributed by atoms with van der Waals surface area (Å²) < 4.78 is 60.7. The van der Waals surface area contributed by atoms with Crippen LogP contribution in [0.1, 0.15) is 29.9 Å². The molecule has 1 fully saturated rings. The summed E-state index contributed by atoms with van der Waals surface area (Å²) in [4.78, 5) is 55.7. The number of ether oxygens (including phenoxy) is 1. The van der Waals surface area contributed by atoms with E-state index in [1.54, 1.807) is 28.6 Å². The lowest BCUT2D eigenvalue weighted by Gasteiger charge is -2.31. The molecule has 0 spiro atoms. The molecular formula is C26H24F4N4O6. The first-order valence-corrected chi connectivity index (χ1v) is 12.2. The van der Waals surface area contributed by atoms with Gasteiger partial charge in [-0.3, -0.25) is 19.2 Å². The Hall–Kier alpha value is -4.49. The number of hydrogen-bond donors (Lipinski definition) is 2. The number of ketones is 1. The summed E-state index contributed by atoms with van der Waals surface area (Å²) in [7, 11) is 1.72. The van der Waals surface area contributed by atoms with Gasteiger partial charge in [0.1, 0.15) is 12.6 Å². The second-order valence-electron chi connectivity index (χ2n) is 9.26. The van der Waals surface area contributed by atoms with E-state index in [0.717, 1.165) is 5.52 Å². The smallest absolute Gasteiger partial charge is 0.305 e. The molecule has 1 aromatic heterocycles. The molecule has 14 heteroatoms. The Labute approximate surface area is 224 Å². The summed E-state index contributed by atoms with van der Waals surface area (Å²) in [6.45, 7) is -0.769. The fourth-order valence-corrected chi connectivity index (χ4v) is 4.45. The first-order valence-electron chi connectivity index (χ1n) is 12.2. The van der Waals surface area contributed by atoms with Crippen molar-refractivity contribution in [2.75, 3.05) is 19.7 Å². The molecule has 0 unspecified atom stereocenters. The van der Waals surface area contributed by atoms with Gasteiger partial charge in [-0.15, -0.1) is 0 Å². The van der Waals surface area contributed by atoms with E-state index in [0.29, 0.717) is 5.52 Å². The lowest BCUT2D eigenvalue weighted by Crippen LogP contribution is -2.49. The Morgan fingerprint density at radius 3 is 2.30 bits per heavy atom. The molecule has 3 aromatic rings. The summed E-state index contributed by atoms with van der Waals surface area (Å²) in [5.74, 6) is -12.7. The zero-order chi connectivity index (χ0) is 29.1. The molecule has 0 bridgehead atoms. The van der Waals surface area contributed by atoms with Gasteiger partial charge >= 0.3 is 5.97 Å². The Morgan fingerprint density at radius 1 is 1.07 bits per heavy atom. The first-order chi connectivity index (χ1) is 19.0. The molecule has 1 atom stereocenters. The maximum atomic E-state index is 13.8. The van der Waals surface area contributed by atoms with E-state index in [4.69, 9.17) is 5.11 Å². The van der Waals surface area contributed by atoms with Gasteiger partial charge in [0, 0.05) is 32.1 Å².